The van der Waals surface area contributed by atoms with E-state index in [1.54, 1.807) is 19.1 Å². The summed E-state index contributed by atoms with van der Waals surface area (Å²) < 4.78 is 26.4. The Morgan fingerprint density at radius 1 is 0.969 bits per heavy atom. The Labute approximate surface area is 191 Å². The van der Waals surface area contributed by atoms with Crippen molar-refractivity contribution in [1.29, 1.82) is 0 Å². The van der Waals surface area contributed by atoms with Crippen molar-refractivity contribution in [3.63, 3.8) is 0 Å². The van der Waals surface area contributed by atoms with Crippen molar-refractivity contribution in [2.24, 2.45) is 0 Å². The van der Waals surface area contributed by atoms with E-state index in [-0.39, 0.29) is 18.5 Å². The van der Waals surface area contributed by atoms with E-state index in [4.69, 9.17) is 0 Å². The molecule has 0 aliphatic rings. The molecule has 0 saturated carbocycles. The van der Waals surface area contributed by atoms with Gasteiger partial charge in [0.1, 0.15) is 12.6 Å². The number of rotatable bonds is 9. The summed E-state index contributed by atoms with van der Waals surface area (Å²) in [4.78, 5) is 27.6. The van der Waals surface area contributed by atoms with Gasteiger partial charge >= 0.3 is 0 Å². The first-order valence-electron chi connectivity index (χ1n) is 10.6. The fraction of sp³-hybridized carbons (Fsp3) is 0.417. The highest BCUT2D eigenvalue weighted by Crippen LogP contribution is 2.25. The standard InChI is InChI=1S/C24H33N3O4S/c1-17(2)25-24(29)20(5)26(15-21-12-8-7-9-13-21)23(28)16-27(32(6,30)31)22-14-10-11-18(3)19(22)4/h7-14,17,20H,15-16H2,1-6H3,(H,25,29). The van der Waals surface area contributed by atoms with Gasteiger partial charge in [-0.3, -0.25) is 13.9 Å². The van der Waals surface area contributed by atoms with Gasteiger partial charge in [-0.1, -0.05) is 42.5 Å². The fourth-order valence-corrected chi connectivity index (χ4v) is 4.27. The molecular weight excluding hydrogens is 426 g/mol. The third kappa shape index (κ3) is 6.56. The van der Waals surface area contributed by atoms with E-state index in [1.807, 2.05) is 64.1 Å². The molecule has 0 aliphatic carbocycles. The highest BCUT2D eigenvalue weighted by molar-refractivity contribution is 7.92. The third-order valence-corrected chi connectivity index (χ3v) is 6.44. The molecule has 0 fully saturated rings. The molecule has 0 radical (unpaired) electrons. The Balaban J connectivity index is 2.41. The molecule has 0 spiro atoms. The van der Waals surface area contributed by atoms with E-state index >= 15 is 0 Å². The molecule has 1 atom stereocenters. The molecule has 0 aromatic heterocycles. The van der Waals surface area contributed by atoms with E-state index in [0.29, 0.717) is 5.69 Å². The molecule has 2 aromatic rings. The van der Waals surface area contributed by atoms with Crippen LogP contribution >= 0.6 is 0 Å². The summed E-state index contributed by atoms with van der Waals surface area (Å²) in [7, 11) is -3.74. The number of amides is 2. The number of aryl methyl sites for hydroxylation is 1. The van der Waals surface area contributed by atoms with Crippen LogP contribution in [0.1, 0.15) is 37.5 Å². The van der Waals surface area contributed by atoms with Crippen molar-refractivity contribution in [3.8, 4) is 0 Å². The summed E-state index contributed by atoms with van der Waals surface area (Å²) >= 11 is 0. The monoisotopic (exact) mass is 459 g/mol. The van der Waals surface area contributed by atoms with Crippen LogP contribution in [0.2, 0.25) is 0 Å². The van der Waals surface area contributed by atoms with E-state index in [2.05, 4.69) is 5.32 Å². The fourth-order valence-electron chi connectivity index (χ4n) is 3.37. The Hall–Kier alpha value is -2.87. The summed E-state index contributed by atoms with van der Waals surface area (Å²) in [6.07, 6.45) is 1.08. The van der Waals surface area contributed by atoms with Crippen LogP contribution < -0.4 is 9.62 Å². The van der Waals surface area contributed by atoms with Crippen molar-refractivity contribution in [1.82, 2.24) is 10.2 Å². The smallest absolute Gasteiger partial charge is 0.244 e. The average molecular weight is 460 g/mol. The molecule has 0 aliphatic heterocycles. The molecule has 1 unspecified atom stereocenters. The number of anilines is 1. The lowest BCUT2D eigenvalue weighted by molar-refractivity contribution is -0.139. The van der Waals surface area contributed by atoms with E-state index < -0.39 is 28.5 Å². The number of benzene rings is 2. The van der Waals surface area contributed by atoms with Crippen LogP contribution in [0.3, 0.4) is 0 Å². The van der Waals surface area contributed by atoms with Gasteiger partial charge in [0, 0.05) is 12.6 Å². The molecule has 2 aromatic carbocycles. The van der Waals surface area contributed by atoms with Crippen molar-refractivity contribution < 1.29 is 18.0 Å². The Morgan fingerprint density at radius 3 is 2.16 bits per heavy atom. The molecule has 0 heterocycles. The maximum Gasteiger partial charge on any atom is 0.244 e. The van der Waals surface area contributed by atoms with Gasteiger partial charge in [0.15, 0.2) is 0 Å². The minimum atomic E-state index is -3.74. The normalized spacial score (nSPS) is 12.3. The highest BCUT2D eigenvalue weighted by Gasteiger charge is 2.30. The minimum Gasteiger partial charge on any atom is -0.352 e. The summed E-state index contributed by atoms with van der Waals surface area (Å²) in [6.45, 7) is 8.86. The molecule has 0 bridgehead atoms. The number of sulfonamides is 1. The van der Waals surface area contributed by atoms with Crippen LogP contribution in [0.5, 0.6) is 0 Å². The number of hydrogen-bond acceptors (Lipinski definition) is 4. The molecule has 2 amide bonds. The Kier molecular flexibility index (Phi) is 8.44. The van der Waals surface area contributed by atoms with Crippen LogP contribution in [0, 0.1) is 13.8 Å². The first-order chi connectivity index (χ1) is 14.9. The lowest BCUT2D eigenvalue weighted by Crippen LogP contribution is -2.52. The summed E-state index contributed by atoms with van der Waals surface area (Å²) in [5, 5.41) is 2.83. The van der Waals surface area contributed by atoms with Crippen molar-refractivity contribution in [2.75, 3.05) is 17.1 Å². The zero-order valence-electron chi connectivity index (χ0n) is 19.6. The molecule has 174 valence electrons. The SMILES string of the molecule is Cc1cccc(N(CC(=O)N(Cc2ccccc2)C(C)C(=O)NC(C)C)S(C)(=O)=O)c1C. The molecule has 32 heavy (non-hydrogen) atoms. The molecule has 2 rings (SSSR count). The van der Waals surface area contributed by atoms with Gasteiger partial charge < -0.3 is 10.2 Å². The first kappa shape index (κ1) is 25.4. The number of hydrogen-bond donors (Lipinski definition) is 1. The van der Waals surface area contributed by atoms with E-state index in [9.17, 15) is 18.0 Å². The topological polar surface area (TPSA) is 86.8 Å². The molecule has 7 nitrogen and oxygen atoms in total. The molecular formula is C24H33N3O4S. The van der Waals surface area contributed by atoms with Crippen molar-refractivity contribution in [3.05, 3.63) is 65.2 Å². The predicted molar refractivity (Wildman–Crippen MR) is 128 cm³/mol. The quantitative estimate of drug-likeness (QED) is 0.625. The van der Waals surface area contributed by atoms with Crippen LogP contribution in [-0.4, -0.2) is 50.0 Å². The van der Waals surface area contributed by atoms with Crippen LogP contribution in [0.15, 0.2) is 48.5 Å². The highest BCUT2D eigenvalue weighted by atomic mass is 32.2. The van der Waals surface area contributed by atoms with Crippen LogP contribution in [0.4, 0.5) is 5.69 Å². The lowest BCUT2D eigenvalue weighted by Gasteiger charge is -2.32. The van der Waals surface area contributed by atoms with Gasteiger partial charge in [0.2, 0.25) is 21.8 Å². The second-order valence-electron chi connectivity index (χ2n) is 8.34. The summed E-state index contributed by atoms with van der Waals surface area (Å²) in [6, 6.07) is 13.8. The molecule has 8 heteroatoms. The zero-order chi connectivity index (χ0) is 24.1. The Bertz CT molecular complexity index is 1050. The maximum absolute atomic E-state index is 13.4. The van der Waals surface area contributed by atoms with Gasteiger partial charge in [-0.05, 0) is 57.4 Å². The Morgan fingerprint density at radius 2 is 1.59 bits per heavy atom. The minimum absolute atomic E-state index is 0.0823. The molecule has 1 N–H and O–H groups in total. The van der Waals surface area contributed by atoms with E-state index in [1.165, 1.54) is 4.90 Å². The zero-order valence-corrected chi connectivity index (χ0v) is 20.4. The summed E-state index contributed by atoms with van der Waals surface area (Å²) in [5.41, 5.74) is 3.02. The maximum atomic E-state index is 13.4. The van der Waals surface area contributed by atoms with E-state index in [0.717, 1.165) is 27.3 Å². The van der Waals surface area contributed by atoms with Crippen LogP contribution in [0.25, 0.3) is 0 Å². The van der Waals surface area contributed by atoms with Gasteiger partial charge in [0.05, 0.1) is 11.9 Å². The van der Waals surface area contributed by atoms with Crippen molar-refractivity contribution >= 4 is 27.5 Å². The number of nitrogens with zero attached hydrogens (tertiary/aromatic N) is 2. The van der Waals surface area contributed by atoms with Gasteiger partial charge in [-0.15, -0.1) is 0 Å². The lowest BCUT2D eigenvalue weighted by atomic mass is 10.1. The van der Waals surface area contributed by atoms with Gasteiger partial charge in [-0.25, -0.2) is 8.42 Å². The predicted octanol–water partition coefficient (Wildman–Crippen LogP) is 3.01. The molecule has 0 saturated heterocycles. The first-order valence-corrected chi connectivity index (χ1v) is 12.4. The van der Waals surface area contributed by atoms with Crippen LogP contribution in [-0.2, 0) is 26.2 Å². The average Bonchev–Trinajstić information content (AvgIpc) is 2.71. The number of nitrogens with one attached hydrogen (secondary N) is 1. The largest absolute Gasteiger partial charge is 0.352 e. The van der Waals surface area contributed by atoms with Gasteiger partial charge in [0.25, 0.3) is 0 Å². The third-order valence-electron chi connectivity index (χ3n) is 5.32. The number of carbonyl (C=O) groups excluding carboxylic acids is 2. The summed E-state index contributed by atoms with van der Waals surface area (Å²) in [5.74, 6) is -0.742. The van der Waals surface area contributed by atoms with Crippen molar-refractivity contribution in [2.45, 2.75) is 53.2 Å². The number of carbonyl (C=O) groups is 2. The second kappa shape index (κ2) is 10.6. The second-order valence-corrected chi connectivity index (χ2v) is 10.2. The van der Waals surface area contributed by atoms with Gasteiger partial charge in [-0.2, -0.15) is 0 Å².